The van der Waals surface area contributed by atoms with Crippen LogP contribution < -0.4 is 5.32 Å². The molecule has 2 rings (SSSR count). The summed E-state index contributed by atoms with van der Waals surface area (Å²) in [4.78, 5) is 20.0. The molecule has 0 saturated heterocycles. The molecular formula is C11H15N3OS2. The highest BCUT2D eigenvalue weighted by Gasteiger charge is 2.29. The maximum absolute atomic E-state index is 11.1. The van der Waals surface area contributed by atoms with Crippen molar-refractivity contribution in [2.45, 2.75) is 32.7 Å². The van der Waals surface area contributed by atoms with Gasteiger partial charge in [0.05, 0.1) is 5.54 Å². The predicted molar refractivity (Wildman–Crippen MR) is 74.3 cm³/mol. The molecule has 1 atom stereocenters. The fraction of sp³-hybridized carbons (Fsp3) is 0.545. The lowest BCUT2D eigenvalue weighted by Gasteiger charge is -2.15. The van der Waals surface area contributed by atoms with Gasteiger partial charge in [-0.15, -0.1) is 11.3 Å². The Morgan fingerprint density at radius 3 is 2.94 bits per heavy atom. The van der Waals surface area contributed by atoms with Crippen LogP contribution in [0.15, 0.2) is 10.4 Å². The highest BCUT2D eigenvalue weighted by molar-refractivity contribution is 8.14. The third kappa shape index (κ3) is 2.87. The van der Waals surface area contributed by atoms with Crippen molar-refractivity contribution in [3.05, 3.63) is 11.1 Å². The van der Waals surface area contributed by atoms with Gasteiger partial charge >= 0.3 is 0 Å². The molecule has 1 aliphatic heterocycles. The number of hydrogen-bond donors (Lipinski definition) is 1. The monoisotopic (exact) mass is 269 g/mol. The average Bonchev–Trinajstić information content (AvgIpc) is 2.87. The fourth-order valence-corrected chi connectivity index (χ4v) is 3.35. The summed E-state index contributed by atoms with van der Waals surface area (Å²) >= 11 is 3.14. The van der Waals surface area contributed by atoms with Gasteiger partial charge < -0.3 is 5.32 Å². The number of aromatic nitrogens is 1. The van der Waals surface area contributed by atoms with Gasteiger partial charge in [0.25, 0.3) is 0 Å². The van der Waals surface area contributed by atoms with Crippen LogP contribution in [0.4, 0.5) is 5.13 Å². The van der Waals surface area contributed by atoms with Gasteiger partial charge in [-0.05, 0) is 13.3 Å². The highest BCUT2D eigenvalue weighted by atomic mass is 32.2. The van der Waals surface area contributed by atoms with E-state index in [0.717, 1.165) is 22.5 Å². The number of nitrogens with zero attached hydrogens (tertiary/aromatic N) is 2. The molecule has 0 amide bonds. The second kappa shape index (κ2) is 4.78. The number of rotatable bonds is 3. The number of ketones is 1. The van der Waals surface area contributed by atoms with Crippen molar-refractivity contribution in [1.29, 1.82) is 0 Å². The summed E-state index contributed by atoms with van der Waals surface area (Å²) in [5.74, 6) is 0.991. The summed E-state index contributed by atoms with van der Waals surface area (Å²) in [6.45, 7) is 5.82. The van der Waals surface area contributed by atoms with Crippen LogP contribution in [0, 0.1) is 0 Å². The normalized spacial score (nSPS) is 23.6. The summed E-state index contributed by atoms with van der Waals surface area (Å²) in [6.07, 6.45) is 1.03. The van der Waals surface area contributed by atoms with Gasteiger partial charge in [0.1, 0.15) is 5.69 Å². The number of Topliss-reactive ketones (excluding diaryl/α,β-unsaturated/α-hetero) is 1. The zero-order valence-corrected chi connectivity index (χ0v) is 11.7. The van der Waals surface area contributed by atoms with E-state index in [-0.39, 0.29) is 11.3 Å². The molecule has 0 aromatic carbocycles. The Morgan fingerprint density at radius 2 is 2.41 bits per heavy atom. The van der Waals surface area contributed by atoms with Crippen LogP contribution in [0.2, 0.25) is 0 Å². The molecule has 1 N–H and O–H groups in total. The Hall–Kier alpha value is -0.880. The number of carbonyl (C=O) groups is 1. The first kappa shape index (κ1) is 12.6. The number of thioether (sulfide) groups is 1. The molecule has 0 aliphatic carbocycles. The quantitative estimate of drug-likeness (QED) is 0.857. The average molecular weight is 269 g/mol. The van der Waals surface area contributed by atoms with Crippen LogP contribution in [-0.4, -0.2) is 27.2 Å². The lowest BCUT2D eigenvalue weighted by atomic mass is 10.0. The van der Waals surface area contributed by atoms with Crippen LogP contribution in [0.3, 0.4) is 0 Å². The largest absolute Gasteiger partial charge is 0.311 e. The van der Waals surface area contributed by atoms with Crippen LogP contribution in [0.5, 0.6) is 0 Å². The fourth-order valence-electron chi connectivity index (χ4n) is 1.36. The van der Waals surface area contributed by atoms with E-state index in [4.69, 9.17) is 0 Å². The number of carbonyl (C=O) groups excluding carboxylic acids is 1. The Balaban J connectivity index is 2.07. The van der Waals surface area contributed by atoms with Gasteiger partial charge in [0.15, 0.2) is 16.1 Å². The maximum Gasteiger partial charge on any atom is 0.189 e. The Morgan fingerprint density at radius 1 is 1.65 bits per heavy atom. The minimum atomic E-state index is -0.00582. The highest BCUT2D eigenvalue weighted by Crippen LogP contribution is 2.31. The molecule has 1 aromatic rings. The molecule has 0 saturated carbocycles. The molecule has 0 bridgehead atoms. The van der Waals surface area contributed by atoms with Gasteiger partial charge in [0, 0.05) is 18.1 Å². The molecule has 1 unspecified atom stereocenters. The molecule has 1 aromatic heterocycles. The molecule has 6 heteroatoms. The van der Waals surface area contributed by atoms with Crippen molar-refractivity contribution in [3.8, 4) is 0 Å². The minimum Gasteiger partial charge on any atom is -0.311 e. The summed E-state index contributed by atoms with van der Waals surface area (Å²) in [6, 6.07) is 0. The molecule has 92 valence electrons. The van der Waals surface area contributed by atoms with E-state index in [9.17, 15) is 4.79 Å². The lowest BCUT2D eigenvalue weighted by Crippen LogP contribution is -2.20. The minimum absolute atomic E-state index is 0.00582. The van der Waals surface area contributed by atoms with Gasteiger partial charge in [0.2, 0.25) is 0 Å². The molecule has 0 spiro atoms. The van der Waals surface area contributed by atoms with Crippen molar-refractivity contribution in [3.63, 3.8) is 0 Å². The second-order valence-electron chi connectivity index (χ2n) is 4.28. The van der Waals surface area contributed by atoms with Crippen molar-refractivity contribution in [2.24, 2.45) is 4.99 Å². The number of amidine groups is 1. The number of nitrogens with one attached hydrogen (secondary N) is 1. The van der Waals surface area contributed by atoms with E-state index >= 15 is 0 Å². The van der Waals surface area contributed by atoms with E-state index < -0.39 is 0 Å². The summed E-state index contributed by atoms with van der Waals surface area (Å²) in [5, 5.41) is 6.58. The van der Waals surface area contributed by atoms with E-state index in [1.54, 1.807) is 17.1 Å². The van der Waals surface area contributed by atoms with Gasteiger partial charge in [-0.1, -0.05) is 18.7 Å². The first-order valence-electron chi connectivity index (χ1n) is 5.48. The number of aliphatic imine (C=N–C) groups is 1. The number of hydrogen-bond acceptors (Lipinski definition) is 6. The molecule has 2 heterocycles. The Bertz CT molecular complexity index is 469. The molecule has 17 heavy (non-hydrogen) atoms. The molecule has 1 aliphatic rings. The van der Waals surface area contributed by atoms with Gasteiger partial charge in [-0.2, -0.15) is 0 Å². The van der Waals surface area contributed by atoms with Crippen molar-refractivity contribution < 1.29 is 4.79 Å². The van der Waals surface area contributed by atoms with Crippen LogP contribution >= 0.6 is 23.1 Å². The third-order valence-corrected chi connectivity index (χ3v) is 4.72. The second-order valence-corrected chi connectivity index (χ2v) is 6.10. The van der Waals surface area contributed by atoms with Crippen LogP contribution in [0.25, 0.3) is 0 Å². The predicted octanol–water partition coefficient (Wildman–Crippen LogP) is 3.03. The lowest BCUT2D eigenvalue weighted by molar-refractivity contribution is 0.101. The van der Waals surface area contributed by atoms with Crippen molar-refractivity contribution in [1.82, 2.24) is 4.98 Å². The van der Waals surface area contributed by atoms with E-state index in [1.807, 2.05) is 0 Å². The van der Waals surface area contributed by atoms with E-state index in [1.165, 1.54) is 18.3 Å². The SMILES string of the molecule is CCC1(C)CSC(Nc2nc(C(C)=O)cs2)=N1. The number of thiazole rings is 1. The first-order valence-corrected chi connectivity index (χ1v) is 7.35. The molecular weight excluding hydrogens is 254 g/mol. The van der Waals surface area contributed by atoms with E-state index in [2.05, 4.69) is 29.1 Å². The topological polar surface area (TPSA) is 54.4 Å². The zero-order valence-electron chi connectivity index (χ0n) is 10.1. The van der Waals surface area contributed by atoms with Gasteiger partial charge in [-0.25, -0.2) is 4.98 Å². The third-order valence-electron chi connectivity index (χ3n) is 2.73. The number of anilines is 1. The summed E-state index contributed by atoms with van der Waals surface area (Å²) < 4.78 is 0. The summed E-state index contributed by atoms with van der Waals surface area (Å²) in [7, 11) is 0. The van der Waals surface area contributed by atoms with Crippen LogP contribution in [-0.2, 0) is 0 Å². The summed E-state index contributed by atoms with van der Waals surface area (Å²) in [5.41, 5.74) is 0.549. The zero-order chi connectivity index (χ0) is 12.5. The van der Waals surface area contributed by atoms with Crippen molar-refractivity contribution >= 4 is 39.2 Å². The smallest absolute Gasteiger partial charge is 0.189 e. The van der Waals surface area contributed by atoms with Crippen molar-refractivity contribution in [2.75, 3.05) is 11.1 Å². The molecule has 0 fully saturated rings. The molecule has 0 radical (unpaired) electrons. The Labute approximate surface area is 109 Å². The van der Waals surface area contributed by atoms with Crippen LogP contribution in [0.1, 0.15) is 37.7 Å². The molecule has 4 nitrogen and oxygen atoms in total. The van der Waals surface area contributed by atoms with E-state index in [0.29, 0.717) is 5.69 Å². The standard InChI is InChI=1S/C11H15N3OS2/c1-4-11(3)6-17-10(14-11)13-9-12-8(5-16-9)7(2)15/h5H,4,6H2,1-3H3,(H,12,13,14). The van der Waals surface area contributed by atoms with Gasteiger partial charge in [-0.3, -0.25) is 9.79 Å². The Kier molecular flexibility index (Phi) is 3.53. The first-order chi connectivity index (χ1) is 8.02. The maximum atomic E-state index is 11.1.